The molecule has 0 aliphatic carbocycles. The second kappa shape index (κ2) is 6.23. The normalized spacial score (nSPS) is 11.6. The maximum Gasteiger partial charge on any atom is 0.178 e. The lowest BCUT2D eigenvalue weighted by molar-refractivity contribution is 0.284. The average molecular weight is 263 g/mol. The Morgan fingerprint density at radius 1 is 1.06 bits per heavy atom. The molecule has 16 heavy (non-hydrogen) atoms. The van der Waals surface area contributed by atoms with Gasteiger partial charge in [0.15, 0.2) is 9.84 Å². The predicted molar refractivity (Wildman–Crippen MR) is 64.4 cm³/mol. The summed E-state index contributed by atoms with van der Waals surface area (Å²) in [5.41, 5.74) is 0. The molecule has 0 amide bonds. The molecule has 0 spiro atoms. The largest absolute Gasteiger partial charge is 0.396 e. The molecular weight excluding hydrogens is 248 g/mol. The van der Waals surface area contributed by atoms with Crippen LogP contribution in [0.1, 0.15) is 19.3 Å². The van der Waals surface area contributed by atoms with E-state index in [-0.39, 0.29) is 12.4 Å². The first-order valence-corrected chi connectivity index (χ1v) is 7.18. The second-order valence-corrected chi connectivity index (χ2v) is 6.10. The van der Waals surface area contributed by atoms with Crippen LogP contribution in [-0.2, 0) is 9.84 Å². The Morgan fingerprint density at radius 2 is 1.69 bits per heavy atom. The summed E-state index contributed by atoms with van der Waals surface area (Å²) in [4.78, 5) is 0.306. The van der Waals surface area contributed by atoms with Crippen molar-refractivity contribution in [2.24, 2.45) is 0 Å². The Balaban J connectivity index is 2.60. The van der Waals surface area contributed by atoms with E-state index in [9.17, 15) is 8.42 Å². The molecule has 1 rings (SSSR count). The van der Waals surface area contributed by atoms with Crippen LogP contribution in [0, 0.1) is 0 Å². The first kappa shape index (κ1) is 13.5. The minimum absolute atomic E-state index is 0.112. The van der Waals surface area contributed by atoms with Crippen LogP contribution in [0.2, 0.25) is 5.02 Å². The molecule has 3 nitrogen and oxygen atoms in total. The number of unbranched alkanes of at least 4 members (excludes halogenated alkanes) is 2. The van der Waals surface area contributed by atoms with Gasteiger partial charge in [-0.05, 0) is 37.1 Å². The van der Waals surface area contributed by atoms with Crippen molar-refractivity contribution in [1.29, 1.82) is 0 Å². The monoisotopic (exact) mass is 262 g/mol. The van der Waals surface area contributed by atoms with Crippen LogP contribution in [0.5, 0.6) is 0 Å². The van der Waals surface area contributed by atoms with E-state index < -0.39 is 9.84 Å². The topological polar surface area (TPSA) is 54.4 Å². The quantitative estimate of drug-likeness (QED) is 0.801. The van der Waals surface area contributed by atoms with Gasteiger partial charge in [0, 0.05) is 11.6 Å². The van der Waals surface area contributed by atoms with Crippen molar-refractivity contribution >= 4 is 21.4 Å². The first-order valence-electron chi connectivity index (χ1n) is 5.15. The van der Waals surface area contributed by atoms with Crippen LogP contribution >= 0.6 is 11.6 Å². The lowest BCUT2D eigenvalue weighted by atomic mass is 10.3. The van der Waals surface area contributed by atoms with Crippen LogP contribution in [0.15, 0.2) is 29.2 Å². The third kappa shape index (κ3) is 4.12. The summed E-state index contributed by atoms with van der Waals surface area (Å²) in [6.45, 7) is 0.112. The molecule has 1 N–H and O–H groups in total. The van der Waals surface area contributed by atoms with Gasteiger partial charge in [0.2, 0.25) is 0 Å². The van der Waals surface area contributed by atoms with Gasteiger partial charge in [-0.3, -0.25) is 0 Å². The fraction of sp³-hybridized carbons (Fsp3) is 0.455. The molecule has 0 fully saturated rings. The molecule has 90 valence electrons. The van der Waals surface area contributed by atoms with Crippen LogP contribution in [0.3, 0.4) is 0 Å². The maximum absolute atomic E-state index is 11.8. The van der Waals surface area contributed by atoms with Gasteiger partial charge >= 0.3 is 0 Å². The molecule has 0 unspecified atom stereocenters. The highest BCUT2D eigenvalue weighted by atomic mass is 35.5. The van der Waals surface area contributed by atoms with Gasteiger partial charge in [-0.15, -0.1) is 0 Å². The number of hydrogen-bond acceptors (Lipinski definition) is 3. The Morgan fingerprint density at radius 3 is 2.25 bits per heavy atom. The Hall–Kier alpha value is -0.580. The minimum atomic E-state index is -3.20. The third-order valence-corrected chi connectivity index (χ3v) is 4.31. The van der Waals surface area contributed by atoms with Crippen molar-refractivity contribution in [3.05, 3.63) is 29.3 Å². The van der Waals surface area contributed by atoms with Crippen molar-refractivity contribution in [3.63, 3.8) is 0 Å². The maximum atomic E-state index is 11.8. The number of halogens is 1. The first-order chi connectivity index (χ1) is 7.56. The molecule has 0 radical (unpaired) electrons. The highest BCUT2D eigenvalue weighted by Gasteiger charge is 2.13. The highest BCUT2D eigenvalue weighted by molar-refractivity contribution is 7.91. The summed E-state index contributed by atoms with van der Waals surface area (Å²) in [5.74, 6) is 0.120. The summed E-state index contributed by atoms with van der Waals surface area (Å²) >= 11 is 5.68. The van der Waals surface area contributed by atoms with Crippen molar-refractivity contribution in [1.82, 2.24) is 0 Å². The van der Waals surface area contributed by atoms with E-state index in [2.05, 4.69) is 0 Å². The number of benzene rings is 1. The summed E-state index contributed by atoms with van der Waals surface area (Å²) in [5, 5.41) is 9.11. The zero-order chi connectivity index (χ0) is 12.0. The number of aliphatic hydroxyl groups excluding tert-OH is 1. The minimum Gasteiger partial charge on any atom is -0.396 e. The van der Waals surface area contributed by atoms with Crippen LogP contribution in [0.25, 0.3) is 0 Å². The fourth-order valence-electron chi connectivity index (χ4n) is 1.34. The lowest BCUT2D eigenvalue weighted by Crippen LogP contribution is -2.06. The summed E-state index contributed by atoms with van der Waals surface area (Å²) in [7, 11) is -3.20. The van der Waals surface area contributed by atoms with E-state index in [1.165, 1.54) is 12.1 Å². The molecule has 0 saturated heterocycles. The molecule has 0 aliphatic rings. The smallest absolute Gasteiger partial charge is 0.178 e. The van der Waals surface area contributed by atoms with Crippen LogP contribution < -0.4 is 0 Å². The number of hydrogen-bond donors (Lipinski definition) is 1. The number of rotatable bonds is 6. The molecule has 0 atom stereocenters. The molecule has 5 heteroatoms. The molecule has 1 aromatic rings. The zero-order valence-electron chi connectivity index (χ0n) is 8.89. The van der Waals surface area contributed by atoms with Crippen molar-refractivity contribution < 1.29 is 13.5 Å². The van der Waals surface area contributed by atoms with Gasteiger partial charge in [-0.25, -0.2) is 8.42 Å². The number of aliphatic hydroxyl groups is 1. The lowest BCUT2D eigenvalue weighted by Gasteiger charge is -2.04. The third-order valence-electron chi connectivity index (χ3n) is 2.24. The molecule has 0 saturated carbocycles. The standard InChI is InChI=1S/C11H15ClO3S/c12-10-4-6-11(7-5-10)16(14,15)9-3-1-2-8-13/h4-7,13H,1-3,8-9H2. The Kier molecular flexibility index (Phi) is 5.25. The van der Waals surface area contributed by atoms with Gasteiger partial charge in [-0.1, -0.05) is 18.0 Å². The van der Waals surface area contributed by atoms with E-state index in [1.807, 2.05) is 0 Å². The number of sulfone groups is 1. The van der Waals surface area contributed by atoms with Gasteiger partial charge in [0.1, 0.15) is 0 Å². The summed E-state index contributed by atoms with van der Waals surface area (Å²) in [6, 6.07) is 6.18. The van der Waals surface area contributed by atoms with E-state index >= 15 is 0 Å². The fourth-order valence-corrected chi connectivity index (χ4v) is 2.84. The summed E-state index contributed by atoms with van der Waals surface area (Å²) in [6.07, 6.45) is 1.95. The molecule has 0 aromatic heterocycles. The van der Waals surface area contributed by atoms with Crippen LogP contribution in [0.4, 0.5) is 0 Å². The van der Waals surface area contributed by atoms with Gasteiger partial charge in [0.25, 0.3) is 0 Å². The predicted octanol–water partition coefficient (Wildman–Crippen LogP) is 2.28. The van der Waals surface area contributed by atoms with Crippen molar-refractivity contribution in [2.45, 2.75) is 24.2 Å². The van der Waals surface area contributed by atoms with Gasteiger partial charge in [0.05, 0.1) is 10.6 Å². The molecule has 0 heterocycles. The van der Waals surface area contributed by atoms with E-state index in [1.54, 1.807) is 12.1 Å². The van der Waals surface area contributed by atoms with Crippen molar-refractivity contribution in [2.75, 3.05) is 12.4 Å². The summed E-state index contributed by atoms with van der Waals surface area (Å²) < 4.78 is 23.6. The van der Waals surface area contributed by atoms with Crippen LogP contribution in [-0.4, -0.2) is 25.9 Å². The van der Waals surface area contributed by atoms with Gasteiger partial charge in [-0.2, -0.15) is 0 Å². The second-order valence-electron chi connectivity index (χ2n) is 3.56. The highest BCUT2D eigenvalue weighted by Crippen LogP contribution is 2.16. The molecule has 0 bridgehead atoms. The Bertz CT molecular complexity index is 411. The molecule has 0 aliphatic heterocycles. The van der Waals surface area contributed by atoms with E-state index in [4.69, 9.17) is 16.7 Å². The van der Waals surface area contributed by atoms with Gasteiger partial charge < -0.3 is 5.11 Å². The Labute approximate surface area is 101 Å². The molecule has 1 aromatic carbocycles. The van der Waals surface area contributed by atoms with E-state index in [0.717, 1.165) is 6.42 Å². The average Bonchev–Trinajstić information content (AvgIpc) is 2.25. The van der Waals surface area contributed by atoms with Crippen molar-refractivity contribution in [3.8, 4) is 0 Å². The van der Waals surface area contributed by atoms with E-state index in [0.29, 0.717) is 22.8 Å². The molecular formula is C11H15ClO3S. The SMILES string of the molecule is O=S(=O)(CCCCCO)c1ccc(Cl)cc1. The zero-order valence-corrected chi connectivity index (χ0v) is 10.5.